The SMILES string of the molecule is Cc1ccc(C2(C)Oc3cccc(C4CCN(CC5=NC6C=CC(C(=O)O)=CC6N5C)CC4)c3O2)c(F)c1. The third-order valence-electron chi connectivity index (χ3n) is 8.19. The number of carboxylic acids is 1. The van der Waals surface area contributed by atoms with E-state index >= 15 is 0 Å². The molecule has 0 bridgehead atoms. The van der Waals surface area contributed by atoms with E-state index in [0.717, 1.165) is 49.4 Å². The molecule has 4 aliphatic rings. The number of benzene rings is 2. The van der Waals surface area contributed by atoms with Gasteiger partial charge in [0.15, 0.2) is 11.5 Å². The number of likely N-dealkylation sites (N-methyl/N-ethyl adjacent to an activating group) is 1. The number of halogens is 1. The Bertz CT molecular complexity index is 1380. The van der Waals surface area contributed by atoms with Crippen LogP contribution in [-0.4, -0.2) is 65.5 Å². The number of aliphatic carboxylic acids is 1. The summed E-state index contributed by atoms with van der Waals surface area (Å²) in [6.45, 7) is 6.18. The van der Waals surface area contributed by atoms with Gasteiger partial charge in [-0.3, -0.25) is 9.89 Å². The van der Waals surface area contributed by atoms with Gasteiger partial charge in [0.25, 0.3) is 5.79 Å². The Labute approximate surface area is 221 Å². The maximum atomic E-state index is 14.8. The van der Waals surface area contributed by atoms with Crippen LogP contribution in [0, 0.1) is 12.7 Å². The van der Waals surface area contributed by atoms with E-state index in [1.807, 2.05) is 38.2 Å². The molecule has 8 heteroatoms. The maximum absolute atomic E-state index is 14.8. The molecule has 2 aromatic rings. The average Bonchev–Trinajstić information content (AvgIpc) is 3.40. The monoisotopic (exact) mass is 517 g/mol. The number of carbonyl (C=O) groups is 1. The molecule has 0 saturated carbocycles. The van der Waals surface area contributed by atoms with E-state index in [0.29, 0.717) is 28.6 Å². The predicted octanol–water partition coefficient (Wildman–Crippen LogP) is 4.62. The van der Waals surface area contributed by atoms with E-state index in [9.17, 15) is 14.3 Å². The van der Waals surface area contributed by atoms with Crippen molar-refractivity contribution in [2.45, 2.75) is 50.5 Å². The van der Waals surface area contributed by atoms with Crippen molar-refractivity contribution in [3.05, 3.63) is 82.7 Å². The van der Waals surface area contributed by atoms with Gasteiger partial charge in [-0.15, -0.1) is 0 Å². The van der Waals surface area contributed by atoms with Gasteiger partial charge in [0.05, 0.1) is 29.8 Å². The standard InChI is InChI=1S/C30H32FN3O4/c1-18-7-9-22(23(31)15-18)30(2)37-26-6-4-5-21(28(26)38-30)19-11-13-34(14-12-19)17-27-32-24-10-8-20(29(35)36)16-25(24)33(27)3/h4-10,15-16,19,24-25H,11-14,17H2,1-3H3,(H,35,36). The molecule has 3 heterocycles. The van der Waals surface area contributed by atoms with Crippen LogP contribution in [0.2, 0.25) is 0 Å². The lowest BCUT2D eigenvalue weighted by Crippen LogP contribution is -2.43. The topological polar surface area (TPSA) is 74.6 Å². The molecule has 0 aromatic heterocycles. The highest BCUT2D eigenvalue weighted by molar-refractivity contribution is 5.92. The van der Waals surface area contributed by atoms with Gasteiger partial charge in [0.2, 0.25) is 0 Å². The molecule has 0 amide bonds. The van der Waals surface area contributed by atoms with Crippen molar-refractivity contribution in [1.29, 1.82) is 0 Å². The highest BCUT2D eigenvalue weighted by Crippen LogP contribution is 2.49. The Morgan fingerprint density at radius 3 is 2.74 bits per heavy atom. The van der Waals surface area contributed by atoms with Gasteiger partial charge < -0.3 is 19.5 Å². The molecule has 0 spiro atoms. The van der Waals surface area contributed by atoms with Crippen molar-refractivity contribution < 1.29 is 23.8 Å². The number of fused-ring (bicyclic) bond motifs is 2. The minimum Gasteiger partial charge on any atom is -0.478 e. The van der Waals surface area contributed by atoms with Crippen LogP contribution < -0.4 is 9.47 Å². The number of aliphatic imine (C=N–C) groups is 1. The summed E-state index contributed by atoms with van der Waals surface area (Å²) in [7, 11) is 1.99. The molecule has 38 heavy (non-hydrogen) atoms. The van der Waals surface area contributed by atoms with Crippen LogP contribution in [0.1, 0.15) is 42.4 Å². The number of amidine groups is 1. The summed E-state index contributed by atoms with van der Waals surface area (Å²) in [4.78, 5) is 20.8. The fourth-order valence-electron chi connectivity index (χ4n) is 6.01. The fourth-order valence-corrected chi connectivity index (χ4v) is 6.01. The smallest absolute Gasteiger partial charge is 0.335 e. The molecular formula is C30H32FN3O4. The maximum Gasteiger partial charge on any atom is 0.335 e. The highest BCUT2D eigenvalue weighted by atomic mass is 19.1. The fraction of sp³-hybridized carbons (Fsp3) is 0.400. The van der Waals surface area contributed by atoms with Crippen LogP contribution in [0.15, 0.2) is 65.2 Å². The first-order chi connectivity index (χ1) is 18.2. The predicted molar refractivity (Wildman–Crippen MR) is 142 cm³/mol. The third kappa shape index (κ3) is 4.26. The first kappa shape index (κ1) is 24.7. The molecule has 3 aliphatic heterocycles. The summed E-state index contributed by atoms with van der Waals surface area (Å²) in [6.07, 6.45) is 7.25. The number of aryl methyl sites for hydroxylation is 1. The molecule has 3 atom stereocenters. The molecule has 0 radical (unpaired) electrons. The molecular weight excluding hydrogens is 485 g/mol. The zero-order chi connectivity index (χ0) is 26.6. The molecule has 7 nitrogen and oxygen atoms in total. The van der Waals surface area contributed by atoms with Crippen LogP contribution in [0.4, 0.5) is 4.39 Å². The number of ether oxygens (including phenoxy) is 2. The van der Waals surface area contributed by atoms with Gasteiger partial charge in [-0.1, -0.05) is 24.3 Å². The normalized spacial score (nSPS) is 26.8. The quantitative estimate of drug-likeness (QED) is 0.624. The zero-order valence-electron chi connectivity index (χ0n) is 21.9. The number of para-hydroxylation sites is 1. The molecule has 1 N–H and O–H groups in total. The first-order valence-corrected chi connectivity index (χ1v) is 13.1. The van der Waals surface area contributed by atoms with Gasteiger partial charge in [-0.05, 0) is 74.7 Å². The summed E-state index contributed by atoms with van der Waals surface area (Å²) in [6, 6.07) is 11.0. The van der Waals surface area contributed by atoms with Crippen LogP contribution in [0.5, 0.6) is 11.5 Å². The van der Waals surface area contributed by atoms with Crippen molar-refractivity contribution in [3.63, 3.8) is 0 Å². The minimum atomic E-state index is -1.21. The lowest BCUT2D eigenvalue weighted by molar-refractivity contribution is -0.132. The van der Waals surface area contributed by atoms with E-state index in [4.69, 9.17) is 14.5 Å². The Hall–Kier alpha value is -3.65. The Morgan fingerprint density at radius 1 is 1.21 bits per heavy atom. The van der Waals surface area contributed by atoms with E-state index in [2.05, 4.69) is 15.9 Å². The summed E-state index contributed by atoms with van der Waals surface area (Å²) in [5.41, 5.74) is 2.67. The minimum absolute atomic E-state index is 0.0348. The summed E-state index contributed by atoms with van der Waals surface area (Å²) >= 11 is 0. The number of hydrogen-bond acceptors (Lipinski definition) is 6. The van der Waals surface area contributed by atoms with Gasteiger partial charge in [0.1, 0.15) is 11.7 Å². The molecule has 1 saturated heterocycles. The second kappa shape index (κ2) is 9.27. The number of piperidine rings is 1. The lowest BCUT2D eigenvalue weighted by atomic mass is 9.88. The van der Waals surface area contributed by atoms with Crippen LogP contribution in [0.3, 0.4) is 0 Å². The van der Waals surface area contributed by atoms with Gasteiger partial charge in [0, 0.05) is 19.5 Å². The van der Waals surface area contributed by atoms with Crippen molar-refractivity contribution in [1.82, 2.24) is 9.80 Å². The van der Waals surface area contributed by atoms with E-state index in [-0.39, 0.29) is 17.9 Å². The van der Waals surface area contributed by atoms with Crippen LogP contribution in [-0.2, 0) is 10.6 Å². The molecule has 2 aromatic carbocycles. The van der Waals surface area contributed by atoms with Gasteiger partial charge >= 0.3 is 5.97 Å². The van der Waals surface area contributed by atoms with Crippen molar-refractivity contribution in [2.24, 2.45) is 4.99 Å². The molecule has 1 aliphatic carbocycles. The van der Waals surface area contributed by atoms with Crippen molar-refractivity contribution in [3.8, 4) is 11.5 Å². The van der Waals surface area contributed by atoms with Crippen molar-refractivity contribution >= 4 is 11.8 Å². The Kier molecular flexibility index (Phi) is 6.02. The second-order valence-corrected chi connectivity index (χ2v) is 10.8. The molecule has 1 fully saturated rings. The highest BCUT2D eigenvalue weighted by Gasteiger charge is 2.43. The van der Waals surface area contributed by atoms with Crippen LogP contribution >= 0.6 is 0 Å². The number of likely N-dealkylation sites (tertiary alicyclic amines) is 1. The van der Waals surface area contributed by atoms with Crippen molar-refractivity contribution in [2.75, 3.05) is 26.7 Å². The zero-order valence-corrected chi connectivity index (χ0v) is 21.9. The number of nitrogens with zero attached hydrogens (tertiary/aromatic N) is 3. The van der Waals surface area contributed by atoms with Gasteiger partial charge in [-0.2, -0.15) is 0 Å². The molecule has 6 rings (SSSR count). The summed E-state index contributed by atoms with van der Waals surface area (Å²) in [5.74, 6) is 0.213. The third-order valence-corrected chi connectivity index (χ3v) is 8.19. The average molecular weight is 518 g/mol. The largest absolute Gasteiger partial charge is 0.478 e. The number of carboxylic acid groups (broad SMARTS) is 1. The number of hydrogen-bond donors (Lipinski definition) is 1. The summed E-state index contributed by atoms with van der Waals surface area (Å²) in [5, 5.41) is 9.34. The Morgan fingerprint density at radius 2 is 2.00 bits per heavy atom. The Balaban J connectivity index is 1.12. The van der Waals surface area contributed by atoms with E-state index in [1.54, 1.807) is 25.1 Å². The second-order valence-electron chi connectivity index (χ2n) is 10.8. The molecule has 198 valence electrons. The summed E-state index contributed by atoms with van der Waals surface area (Å²) < 4.78 is 27.3. The number of rotatable bonds is 5. The van der Waals surface area contributed by atoms with E-state index in [1.165, 1.54) is 6.07 Å². The van der Waals surface area contributed by atoms with Gasteiger partial charge in [-0.25, -0.2) is 9.18 Å². The first-order valence-electron chi connectivity index (χ1n) is 13.1. The molecule has 3 unspecified atom stereocenters. The van der Waals surface area contributed by atoms with E-state index < -0.39 is 11.8 Å². The van der Waals surface area contributed by atoms with Crippen LogP contribution in [0.25, 0.3) is 0 Å². The lowest BCUT2D eigenvalue weighted by Gasteiger charge is -2.34.